The van der Waals surface area contributed by atoms with Gasteiger partial charge in [-0.3, -0.25) is 9.59 Å². The van der Waals surface area contributed by atoms with Crippen LogP contribution in [0.3, 0.4) is 0 Å². The number of nitrogens with two attached hydrogens (primary N) is 1. The van der Waals surface area contributed by atoms with Crippen LogP contribution in [0, 0.1) is 11.8 Å². The van der Waals surface area contributed by atoms with Crippen molar-refractivity contribution in [3.05, 3.63) is 0 Å². The Morgan fingerprint density at radius 1 is 1.08 bits per heavy atom. The number of rotatable bonds is 12. The van der Waals surface area contributed by atoms with Gasteiger partial charge in [0.2, 0.25) is 11.8 Å². The highest BCUT2D eigenvalue weighted by atomic mass is 32.2. The van der Waals surface area contributed by atoms with Gasteiger partial charge in [0.25, 0.3) is 0 Å². The molecule has 8 heteroatoms. The minimum absolute atomic E-state index is 0.00360. The van der Waals surface area contributed by atoms with Crippen molar-refractivity contribution in [2.75, 3.05) is 12.0 Å². The van der Waals surface area contributed by atoms with Gasteiger partial charge in [0.15, 0.2) is 0 Å². The van der Waals surface area contributed by atoms with Crippen molar-refractivity contribution >= 4 is 29.5 Å². The highest BCUT2D eigenvalue weighted by Crippen LogP contribution is 2.10. The molecular weight excluding hydrogens is 342 g/mol. The van der Waals surface area contributed by atoms with E-state index in [9.17, 15) is 19.5 Å². The maximum atomic E-state index is 12.5. The maximum absolute atomic E-state index is 12.5. The van der Waals surface area contributed by atoms with Crippen molar-refractivity contribution in [1.82, 2.24) is 10.6 Å². The average molecular weight is 376 g/mol. The zero-order valence-electron chi connectivity index (χ0n) is 15.9. The second-order valence-corrected chi connectivity index (χ2v) is 7.77. The minimum atomic E-state index is -1.08. The number of carboxylic acid groups (broad SMARTS) is 1. The molecule has 0 unspecified atom stereocenters. The second kappa shape index (κ2) is 12.1. The van der Waals surface area contributed by atoms with E-state index in [1.54, 1.807) is 0 Å². The van der Waals surface area contributed by atoms with E-state index in [-0.39, 0.29) is 17.7 Å². The average Bonchev–Trinajstić information content (AvgIpc) is 2.55. The first kappa shape index (κ1) is 23.7. The molecule has 0 aromatic rings. The van der Waals surface area contributed by atoms with E-state index in [4.69, 9.17) is 5.73 Å². The number of carbonyl (C=O) groups excluding carboxylic acids is 2. The Labute approximate surface area is 154 Å². The van der Waals surface area contributed by atoms with Gasteiger partial charge in [0.05, 0.1) is 6.04 Å². The Bertz CT molecular complexity index is 446. The lowest BCUT2D eigenvalue weighted by Gasteiger charge is -2.25. The van der Waals surface area contributed by atoms with Gasteiger partial charge in [-0.1, -0.05) is 34.1 Å². The second-order valence-electron chi connectivity index (χ2n) is 6.78. The molecule has 2 amide bonds. The molecule has 0 aromatic carbocycles. The number of hydrogen-bond donors (Lipinski definition) is 4. The van der Waals surface area contributed by atoms with Crippen molar-refractivity contribution < 1.29 is 19.5 Å². The number of hydrogen-bond acceptors (Lipinski definition) is 5. The van der Waals surface area contributed by atoms with Crippen molar-refractivity contribution in [3.8, 4) is 0 Å². The molecule has 7 nitrogen and oxygen atoms in total. The summed E-state index contributed by atoms with van der Waals surface area (Å²) in [5.74, 6) is -1.16. The Hall–Kier alpha value is -1.28. The van der Waals surface area contributed by atoms with Gasteiger partial charge in [0, 0.05) is 0 Å². The Kier molecular flexibility index (Phi) is 11.5. The topological polar surface area (TPSA) is 122 Å². The van der Waals surface area contributed by atoms with Gasteiger partial charge in [-0.15, -0.1) is 0 Å². The van der Waals surface area contributed by atoms with E-state index < -0.39 is 30.0 Å². The maximum Gasteiger partial charge on any atom is 0.326 e. The van der Waals surface area contributed by atoms with Crippen molar-refractivity contribution in [3.63, 3.8) is 0 Å². The number of carboxylic acids is 1. The number of thioether (sulfide) groups is 1. The van der Waals surface area contributed by atoms with E-state index in [0.717, 1.165) is 6.42 Å². The van der Waals surface area contributed by atoms with Gasteiger partial charge in [-0.25, -0.2) is 4.79 Å². The smallest absolute Gasteiger partial charge is 0.326 e. The predicted octanol–water partition coefficient (Wildman–Crippen LogP) is 1.21. The SMILES string of the molecule is CC[C@H](C)[C@H](N)C(=O)N[C@@H](CC(C)C)C(=O)N[C@@H](CCSC)C(=O)O. The van der Waals surface area contributed by atoms with Crippen LogP contribution in [-0.2, 0) is 14.4 Å². The number of carbonyl (C=O) groups is 3. The summed E-state index contributed by atoms with van der Waals surface area (Å²) in [6, 6.07) is -2.45. The molecule has 0 saturated carbocycles. The third-order valence-corrected chi connectivity index (χ3v) is 4.77. The summed E-state index contributed by atoms with van der Waals surface area (Å²) < 4.78 is 0. The molecule has 0 aromatic heterocycles. The van der Waals surface area contributed by atoms with Crippen LogP contribution in [0.5, 0.6) is 0 Å². The third-order valence-electron chi connectivity index (χ3n) is 4.13. The summed E-state index contributed by atoms with van der Waals surface area (Å²) in [6.45, 7) is 7.69. The molecule has 4 atom stereocenters. The molecule has 0 saturated heterocycles. The lowest BCUT2D eigenvalue weighted by atomic mass is 9.97. The molecule has 5 N–H and O–H groups in total. The normalized spacial score (nSPS) is 16.0. The number of amides is 2. The molecule has 0 fully saturated rings. The van der Waals surface area contributed by atoms with E-state index in [2.05, 4.69) is 10.6 Å². The fraction of sp³-hybridized carbons (Fsp3) is 0.824. The first-order valence-electron chi connectivity index (χ1n) is 8.72. The molecule has 0 heterocycles. The largest absolute Gasteiger partial charge is 0.480 e. The predicted molar refractivity (Wildman–Crippen MR) is 101 cm³/mol. The van der Waals surface area contributed by atoms with E-state index in [1.807, 2.05) is 34.0 Å². The van der Waals surface area contributed by atoms with Crippen LogP contribution >= 0.6 is 11.8 Å². The fourth-order valence-corrected chi connectivity index (χ4v) is 2.72. The first-order valence-corrected chi connectivity index (χ1v) is 10.1. The van der Waals surface area contributed by atoms with E-state index >= 15 is 0 Å². The van der Waals surface area contributed by atoms with Crippen LogP contribution in [0.1, 0.15) is 47.0 Å². The molecule has 0 radical (unpaired) electrons. The Morgan fingerprint density at radius 3 is 2.08 bits per heavy atom. The molecule has 0 aliphatic carbocycles. The van der Waals surface area contributed by atoms with Crippen LogP contribution in [0.4, 0.5) is 0 Å². The lowest BCUT2D eigenvalue weighted by Crippen LogP contribution is -2.55. The van der Waals surface area contributed by atoms with Crippen LogP contribution < -0.4 is 16.4 Å². The fourth-order valence-electron chi connectivity index (χ4n) is 2.25. The standard InChI is InChI=1S/C17H33N3O4S/c1-6-11(4)14(18)16(22)20-13(9-10(2)3)15(21)19-12(17(23)24)7-8-25-5/h10-14H,6-9,18H2,1-5H3,(H,19,21)(H,20,22)(H,23,24)/t11-,12-,13-,14-/m0/s1. The van der Waals surface area contributed by atoms with Crippen molar-refractivity contribution in [2.24, 2.45) is 17.6 Å². The van der Waals surface area contributed by atoms with Gasteiger partial charge in [-0.05, 0) is 36.7 Å². The summed E-state index contributed by atoms with van der Waals surface area (Å²) >= 11 is 1.51. The molecule has 0 aliphatic heterocycles. The summed E-state index contributed by atoms with van der Waals surface area (Å²) in [6.07, 6.45) is 3.38. The lowest BCUT2D eigenvalue weighted by molar-refractivity contribution is -0.142. The summed E-state index contributed by atoms with van der Waals surface area (Å²) in [7, 11) is 0. The first-order chi connectivity index (χ1) is 11.6. The molecule has 0 aliphatic rings. The van der Waals surface area contributed by atoms with Crippen LogP contribution in [-0.4, -0.2) is 53.0 Å². The molecule has 146 valence electrons. The Morgan fingerprint density at radius 2 is 1.64 bits per heavy atom. The van der Waals surface area contributed by atoms with Crippen LogP contribution in [0.15, 0.2) is 0 Å². The number of nitrogens with one attached hydrogen (secondary N) is 2. The minimum Gasteiger partial charge on any atom is -0.480 e. The van der Waals surface area contributed by atoms with Gasteiger partial charge >= 0.3 is 5.97 Å². The van der Waals surface area contributed by atoms with E-state index in [0.29, 0.717) is 18.6 Å². The molecule has 25 heavy (non-hydrogen) atoms. The molecule has 0 rings (SSSR count). The van der Waals surface area contributed by atoms with Gasteiger partial charge < -0.3 is 21.5 Å². The van der Waals surface area contributed by atoms with Crippen molar-refractivity contribution in [2.45, 2.75) is 65.1 Å². The third kappa shape index (κ3) is 9.11. The zero-order valence-corrected chi connectivity index (χ0v) is 16.7. The molecular formula is C17H33N3O4S. The summed E-state index contributed by atoms with van der Waals surface area (Å²) in [5, 5.41) is 14.5. The number of aliphatic carboxylic acids is 1. The van der Waals surface area contributed by atoms with Crippen LogP contribution in [0.25, 0.3) is 0 Å². The van der Waals surface area contributed by atoms with E-state index in [1.165, 1.54) is 11.8 Å². The Balaban J connectivity index is 5.02. The van der Waals surface area contributed by atoms with Crippen LogP contribution in [0.2, 0.25) is 0 Å². The van der Waals surface area contributed by atoms with Gasteiger partial charge in [0.1, 0.15) is 12.1 Å². The van der Waals surface area contributed by atoms with Gasteiger partial charge in [-0.2, -0.15) is 11.8 Å². The summed E-state index contributed by atoms with van der Waals surface area (Å²) in [4.78, 5) is 36.1. The monoisotopic (exact) mass is 375 g/mol. The highest BCUT2D eigenvalue weighted by Gasteiger charge is 2.29. The molecule has 0 spiro atoms. The zero-order chi connectivity index (χ0) is 19.6. The molecule has 0 bridgehead atoms. The summed E-state index contributed by atoms with van der Waals surface area (Å²) in [5.41, 5.74) is 5.93. The highest BCUT2D eigenvalue weighted by molar-refractivity contribution is 7.98. The quantitative estimate of drug-likeness (QED) is 0.407. The van der Waals surface area contributed by atoms with Crippen molar-refractivity contribution in [1.29, 1.82) is 0 Å².